The van der Waals surface area contributed by atoms with Crippen molar-refractivity contribution in [3.05, 3.63) is 29.6 Å². The number of hydrogen-bond acceptors (Lipinski definition) is 5. The number of aromatic nitrogens is 1. The molecule has 1 unspecified atom stereocenters. The average molecular weight is 292 g/mol. The summed E-state index contributed by atoms with van der Waals surface area (Å²) < 4.78 is 5.20. The van der Waals surface area contributed by atoms with Crippen LogP contribution in [0.4, 0.5) is 0 Å². The number of pyridine rings is 1. The summed E-state index contributed by atoms with van der Waals surface area (Å²) in [5.74, 6) is 5.58. The number of methoxy groups -OCH3 is 1. The van der Waals surface area contributed by atoms with Crippen molar-refractivity contribution in [2.24, 2.45) is 11.8 Å². The van der Waals surface area contributed by atoms with Crippen LogP contribution in [0.15, 0.2) is 18.3 Å². The first-order valence-electron chi connectivity index (χ1n) is 7.34. The Labute approximate surface area is 125 Å². The molecule has 0 radical (unpaired) electrons. The van der Waals surface area contributed by atoms with E-state index in [0.29, 0.717) is 18.2 Å². The minimum Gasteiger partial charge on any atom is -0.383 e. The Bertz CT molecular complexity index is 459. The van der Waals surface area contributed by atoms with Crippen molar-refractivity contribution in [3.8, 4) is 0 Å². The summed E-state index contributed by atoms with van der Waals surface area (Å²) >= 11 is 0. The molecule has 3 N–H and O–H groups in total. The first-order chi connectivity index (χ1) is 10.2. The first-order valence-corrected chi connectivity index (χ1v) is 7.34. The van der Waals surface area contributed by atoms with Crippen molar-refractivity contribution in [3.63, 3.8) is 0 Å². The quantitative estimate of drug-likeness (QED) is 0.423. The summed E-state index contributed by atoms with van der Waals surface area (Å²) in [5.41, 5.74) is 3.53. The van der Waals surface area contributed by atoms with Gasteiger partial charge in [-0.3, -0.25) is 20.1 Å². The van der Waals surface area contributed by atoms with Crippen molar-refractivity contribution >= 4 is 5.91 Å². The van der Waals surface area contributed by atoms with Crippen LogP contribution in [-0.4, -0.2) is 42.1 Å². The number of hydrazine groups is 1. The summed E-state index contributed by atoms with van der Waals surface area (Å²) in [5, 5.41) is 0. The largest absolute Gasteiger partial charge is 0.383 e. The van der Waals surface area contributed by atoms with Gasteiger partial charge >= 0.3 is 0 Å². The third-order valence-electron chi connectivity index (χ3n) is 4.05. The van der Waals surface area contributed by atoms with E-state index in [9.17, 15) is 4.79 Å². The van der Waals surface area contributed by atoms with Gasteiger partial charge in [0.15, 0.2) is 0 Å². The molecule has 6 nitrogen and oxygen atoms in total. The monoisotopic (exact) mass is 292 g/mol. The molecule has 2 rings (SSSR count). The molecule has 1 aliphatic carbocycles. The Kier molecular flexibility index (Phi) is 5.67. The summed E-state index contributed by atoms with van der Waals surface area (Å²) in [6, 6.07) is 4.17. The summed E-state index contributed by atoms with van der Waals surface area (Å²) in [4.78, 5) is 18.1. The molecule has 1 atom stereocenters. The lowest BCUT2D eigenvalue weighted by molar-refractivity contribution is 0.0953. The summed E-state index contributed by atoms with van der Waals surface area (Å²) in [6.45, 7) is 4.64. The van der Waals surface area contributed by atoms with Gasteiger partial charge in [0.25, 0.3) is 5.91 Å². The second-order valence-corrected chi connectivity index (χ2v) is 5.55. The second-order valence-electron chi connectivity index (χ2n) is 5.55. The first kappa shape index (κ1) is 15.9. The Morgan fingerprint density at radius 1 is 1.57 bits per heavy atom. The van der Waals surface area contributed by atoms with Gasteiger partial charge < -0.3 is 4.74 Å². The summed E-state index contributed by atoms with van der Waals surface area (Å²) in [7, 11) is 1.72. The van der Waals surface area contributed by atoms with Crippen molar-refractivity contribution in [2.75, 3.05) is 20.3 Å². The van der Waals surface area contributed by atoms with Gasteiger partial charge in [0.2, 0.25) is 0 Å². The maximum Gasteiger partial charge on any atom is 0.266 e. The zero-order valence-electron chi connectivity index (χ0n) is 12.7. The predicted molar refractivity (Wildman–Crippen MR) is 80.4 cm³/mol. The molecule has 1 amide bonds. The maximum absolute atomic E-state index is 11.4. The highest BCUT2D eigenvalue weighted by Gasteiger charge is 2.31. The van der Waals surface area contributed by atoms with E-state index in [-0.39, 0.29) is 5.91 Å². The van der Waals surface area contributed by atoms with Crippen LogP contribution >= 0.6 is 0 Å². The van der Waals surface area contributed by atoms with Gasteiger partial charge in [-0.15, -0.1) is 0 Å². The molecule has 1 heterocycles. The SMILES string of the molecule is COCCN(Cc1ccc(C(=O)NN)cn1)C(C)C1CC1. The van der Waals surface area contributed by atoms with E-state index in [4.69, 9.17) is 10.6 Å². The molecule has 1 fully saturated rings. The average Bonchev–Trinajstić information content (AvgIpc) is 3.35. The normalized spacial score (nSPS) is 16.0. The molecule has 0 bridgehead atoms. The van der Waals surface area contributed by atoms with Crippen LogP contribution in [0.1, 0.15) is 35.8 Å². The molecule has 0 aromatic carbocycles. The van der Waals surface area contributed by atoms with E-state index >= 15 is 0 Å². The highest BCUT2D eigenvalue weighted by atomic mass is 16.5. The van der Waals surface area contributed by atoms with Crippen LogP contribution in [-0.2, 0) is 11.3 Å². The minimum atomic E-state index is -0.323. The molecule has 6 heteroatoms. The number of nitrogens with one attached hydrogen (secondary N) is 1. The number of nitrogens with two attached hydrogens (primary N) is 1. The van der Waals surface area contributed by atoms with Crippen molar-refractivity contribution in [1.82, 2.24) is 15.3 Å². The zero-order chi connectivity index (χ0) is 15.2. The molecule has 1 aliphatic rings. The molecule has 116 valence electrons. The Morgan fingerprint density at radius 2 is 2.33 bits per heavy atom. The molecule has 1 aromatic heterocycles. The van der Waals surface area contributed by atoms with Gasteiger partial charge in [-0.2, -0.15) is 0 Å². The number of hydrogen-bond donors (Lipinski definition) is 2. The van der Waals surface area contributed by atoms with E-state index in [2.05, 4.69) is 22.2 Å². The number of nitrogens with zero attached hydrogens (tertiary/aromatic N) is 2. The fourth-order valence-electron chi connectivity index (χ4n) is 2.46. The number of nitrogen functional groups attached to an aromatic ring is 1. The summed E-state index contributed by atoms with van der Waals surface area (Å²) in [6.07, 6.45) is 4.19. The molecule has 0 aliphatic heterocycles. The number of carbonyl (C=O) groups excluding carboxylic acids is 1. The van der Waals surface area contributed by atoms with Gasteiger partial charge in [0.1, 0.15) is 0 Å². The number of ether oxygens (including phenoxy) is 1. The molecule has 1 aromatic rings. The third kappa shape index (κ3) is 4.49. The van der Waals surface area contributed by atoms with Crippen molar-refractivity contribution < 1.29 is 9.53 Å². The smallest absolute Gasteiger partial charge is 0.266 e. The molecule has 21 heavy (non-hydrogen) atoms. The number of amides is 1. The van der Waals surface area contributed by atoms with Crippen molar-refractivity contribution in [1.29, 1.82) is 0 Å². The molecular weight excluding hydrogens is 268 g/mol. The number of rotatable bonds is 8. The van der Waals surface area contributed by atoms with Crippen molar-refractivity contribution in [2.45, 2.75) is 32.4 Å². The van der Waals surface area contributed by atoms with Crippen LogP contribution in [0.5, 0.6) is 0 Å². The highest BCUT2D eigenvalue weighted by Crippen LogP contribution is 2.35. The van der Waals surface area contributed by atoms with Crippen LogP contribution in [0, 0.1) is 5.92 Å². The Balaban J connectivity index is 1.99. The minimum absolute atomic E-state index is 0.323. The van der Waals surface area contributed by atoms with E-state index in [1.165, 1.54) is 12.8 Å². The van der Waals surface area contributed by atoms with E-state index in [1.807, 2.05) is 6.07 Å². The Hall–Kier alpha value is -1.50. The lowest BCUT2D eigenvalue weighted by atomic mass is 10.1. The predicted octanol–water partition coefficient (Wildman–Crippen LogP) is 0.932. The van der Waals surface area contributed by atoms with Gasteiger partial charge in [0, 0.05) is 32.4 Å². The lowest BCUT2D eigenvalue weighted by Crippen LogP contribution is -2.37. The Morgan fingerprint density at radius 3 is 2.86 bits per heavy atom. The van der Waals surface area contributed by atoms with Gasteiger partial charge in [-0.05, 0) is 37.8 Å². The van der Waals surface area contributed by atoms with E-state index < -0.39 is 0 Å². The molecule has 1 saturated carbocycles. The van der Waals surface area contributed by atoms with Gasteiger partial charge in [0.05, 0.1) is 17.9 Å². The standard InChI is InChI=1S/C15H24N4O2/c1-11(12-3-4-12)19(7-8-21-2)10-14-6-5-13(9-17-14)15(20)18-16/h5-6,9,11-12H,3-4,7-8,10,16H2,1-2H3,(H,18,20). The zero-order valence-corrected chi connectivity index (χ0v) is 12.7. The van der Waals surface area contributed by atoms with E-state index in [1.54, 1.807) is 19.4 Å². The van der Waals surface area contributed by atoms with Crippen LogP contribution in [0.3, 0.4) is 0 Å². The number of carbonyl (C=O) groups is 1. The van der Waals surface area contributed by atoms with Crippen LogP contribution in [0.2, 0.25) is 0 Å². The van der Waals surface area contributed by atoms with Crippen LogP contribution in [0.25, 0.3) is 0 Å². The van der Waals surface area contributed by atoms with E-state index in [0.717, 1.165) is 24.7 Å². The fourth-order valence-corrected chi connectivity index (χ4v) is 2.46. The van der Waals surface area contributed by atoms with Gasteiger partial charge in [-0.25, -0.2) is 5.84 Å². The molecule has 0 spiro atoms. The third-order valence-corrected chi connectivity index (χ3v) is 4.05. The molecular formula is C15H24N4O2. The fraction of sp³-hybridized carbons (Fsp3) is 0.600. The topological polar surface area (TPSA) is 80.5 Å². The van der Waals surface area contributed by atoms with Crippen LogP contribution < -0.4 is 11.3 Å². The highest BCUT2D eigenvalue weighted by molar-refractivity contribution is 5.93. The lowest BCUT2D eigenvalue weighted by Gasteiger charge is -2.28. The second kappa shape index (κ2) is 7.49. The van der Waals surface area contributed by atoms with Gasteiger partial charge in [-0.1, -0.05) is 0 Å². The molecule has 0 saturated heterocycles. The maximum atomic E-state index is 11.4.